The largest absolute Gasteiger partial charge is 0.493 e. The zero-order valence-corrected chi connectivity index (χ0v) is 22.6. The number of benzene rings is 2. The second-order valence-electron chi connectivity index (χ2n) is 10.0. The number of fused-ring (bicyclic) bond motifs is 1. The van der Waals surface area contributed by atoms with Gasteiger partial charge in [-0.15, -0.1) is 0 Å². The number of allylic oxidation sites excluding steroid dienone is 1. The summed E-state index contributed by atoms with van der Waals surface area (Å²) in [5.41, 5.74) is 1.15. The third-order valence-electron chi connectivity index (χ3n) is 5.94. The predicted octanol–water partition coefficient (Wildman–Crippen LogP) is 6.49. The Bertz CT molecular complexity index is 1640. The lowest BCUT2D eigenvalue weighted by molar-refractivity contribution is 0.102. The first kappa shape index (κ1) is 27.4. The van der Waals surface area contributed by atoms with Gasteiger partial charge >= 0.3 is 0 Å². The lowest BCUT2D eigenvalue weighted by atomic mass is 9.95. The van der Waals surface area contributed by atoms with Gasteiger partial charge in [-0.1, -0.05) is 32.9 Å². The minimum absolute atomic E-state index is 0.0573. The van der Waals surface area contributed by atoms with Crippen molar-refractivity contribution in [3.63, 3.8) is 0 Å². The first-order valence-corrected chi connectivity index (χ1v) is 12.2. The van der Waals surface area contributed by atoms with Crippen molar-refractivity contribution >= 4 is 28.6 Å². The van der Waals surface area contributed by atoms with Crippen LogP contribution < -0.4 is 25.0 Å². The summed E-state index contributed by atoms with van der Waals surface area (Å²) in [4.78, 5) is 33.2. The van der Waals surface area contributed by atoms with Gasteiger partial charge in [0.05, 0.1) is 19.7 Å². The van der Waals surface area contributed by atoms with Crippen molar-refractivity contribution in [2.75, 3.05) is 19.5 Å². The van der Waals surface area contributed by atoms with Gasteiger partial charge in [0.15, 0.2) is 23.1 Å². The van der Waals surface area contributed by atoms with Gasteiger partial charge in [-0.25, -0.2) is 4.39 Å². The normalized spacial score (nSPS) is 11.6. The molecule has 0 saturated heterocycles. The second kappa shape index (κ2) is 11.0. The molecule has 0 aliphatic heterocycles. The van der Waals surface area contributed by atoms with Gasteiger partial charge < -0.3 is 24.5 Å². The monoisotopic (exact) mass is 531 g/mol. The molecule has 0 aliphatic rings. The maximum atomic E-state index is 15.0. The fourth-order valence-corrected chi connectivity index (χ4v) is 3.86. The molecule has 0 spiro atoms. The average Bonchev–Trinajstić information content (AvgIpc) is 2.88. The number of ether oxygens (including phenoxy) is 3. The van der Waals surface area contributed by atoms with Crippen LogP contribution in [0.3, 0.4) is 0 Å². The molecule has 9 heteroatoms. The van der Waals surface area contributed by atoms with Crippen LogP contribution >= 0.6 is 0 Å². The van der Waals surface area contributed by atoms with Crippen molar-refractivity contribution in [2.45, 2.75) is 27.7 Å². The van der Waals surface area contributed by atoms with Crippen LogP contribution in [0.15, 0.2) is 59.7 Å². The lowest BCUT2D eigenvalue weighted by Gasteiger charge is -2.13. The van der Waals surface area contributed by atoms with Crippen molar-refractivity contribution in [2.24, 2.45) is 5.41 Å². The van der Waals surface area contributed by atoms with Gasteiger partial charge in [-0.3, -0.25) is 14.6 Å². The number of hydrogen-bond acceptors (Lipinski definition) is 6. The molecule has 4 aromatic rings. The highest BCUT2D eigenvalue weighted by Crippen LogP contribution is 2.37. The number of aromatic nitrogens is 2. The fourth-order valence-electron chi connectivity index (χ4n) is 3.86. The first-order valence-electron chi connectivity index (χ1n) is 12.2. The summed E-state index contributed by atoms with van der Waals surface area (Å²) in [6, 6.07) is 9.03. The van der Waals surface area contributed by atoms with Crippen LogP contribution in [0, 0.1) is 18.2 Å². The number of aryl methyl sites for hydroxylation is 1. The summed E-state index contributed by atoms with van der Waals surface area (Å²) in [5.74, 6) is -0.0762. The van der Waals surface area contributed by atoms with E-state index >= 15 is 4.39 Å². The van der Waals surface area contributed by atoms with Crippen molar-refractivity contribution in [3.8, 4) is 23.0 Å². The van der Waals surface area contributed by atoms with E-state index in [1.807, 2.05) is 26.8 Å². The number of nitrogens with zero attached hydrogens (tertiary/aromatic N) is 1. The van der Waals surface area contributed by atoms with Gasteiger partial charge in [0.1, 0.15) is 11.3 Å². The molecular formula is C30H30FN3O5. The summed E-state index contributed by atoms with van der Waals surface area (Å²) in [6.07, 6.45) is 6.51. The maximum absolute atomic E-state index is 15.0. The molecule has 0 unspecified atom stereocenters. The highest BCUT2D eigenvalue weighted by atomic mass is 19.1. The van der Waals surface area contributed by atoms with Crippen molar-refractivity contribution in [1.82, 2.24) is 9.97 Å². The number of nitrogens with one attached hydrogen (secondary N) is 2. The van der Waals surface area contributed by atoms with Crippen LogP contribution in [0.5, 0.6) is 23.0 Å². The van der Waals surface area contributed by atoms with Crippen LogP contribution in [0.25, 0.3) is 17.0 Å². The summed E-state index contributed by atoms with van der Waals surface area (Å²) >= 11 is 0. The molecule has 0 radical (unpaired) electrons. The van der Waals surface area contributed by atoms with E-state index in [2.05, 4.69) is 15.3 Å². The van der Waals surface area contributed by atoms with E-state index in [1.165, 1.54) is 32.5 Å². The molecule has 39 heavy (non-hydrogen) atoms. The van der Waals surface area contributed by atoms with Gasteiger partial charge in [-0.2, -0.15) is 0 Å². The van der Waals surface area contributed by atoms with Crippen LogP contribution in [-0.2, 0) is 0 Å². The molecule has 1 amide bonds. The number of rotatable bonds is 7. The number of amides is 1. The Hall–Kier alpha value is -4.66. The summed E-state index contributed by atoms with van der Waals surface area (Å²) in [6.45, 7) is 7.79. The lowest BCUT2D eigenvalue weighted by Crippen LogP contribution is -2.24. The zero-order valence-electron chi connectivity index (χ0n) is 22.6. The fraction of sp³-hybridized carbons (Fsp3) is 0.233. The molecule has 0 bridgehead atoms. The zero-order chi connectivity index (χ0) is 28.3. The summed E-state index contributed by atoms with van der Waals surface area (Å²) in [7, 11) is 3.04. The summed E-state index contributed by atoms with van der Waals surface area (Å²) in [5, 5.41) is 3.19. The SMILES string of the molecule is COc1cc2nccc(Oc3ccc(NC(=O)c4c[nH]c(C)c(/C=C/C(C)(C)C)c4=O)cc3F)c2cc1OC. The highest BCUT2D eigenvalue weighted by molar-refractivity contribution is 6.04. The number of aromatic amines is 1. The molecule has 0 fully saturated rings. The Labute approximate surface area is 225 Å². The smallest absolute Gasteiger partial charge is 0.261 e. The molecule has 4 rings (SSSR count). The Morgan fingerprint density at radius 3 is 2.41 bits per heavy atom. The standard InChI is InChI=1S/C30H30FN3O5/c1-17-19(9-11-30(2,3)4)28(35)21(16-33-17)29(36)34-18-7-8-25(22(31)13-18)39-24-10-12-32-23-15-27(38-6)26(37-5)14-20(23)24/h7-16H,1-6H3,(H,33,35)(H,34,36)/b11-9+. The van der Waals surface area contributed by atoms with E-state index in [1.54, 1.807) is 37.4 Å². The van der Waals surface area contributed by atoms with E-state index in [4.69, 9.17) is 14.2 Å². The number of H-pyrrole nitrogens is 1. The minimum Gasteiger partial charge on any atom is -0.493 e. The van der Waals surface area contributed by atoms with E-state index in [9.17, 15) is 9.59 Å². The molecule has 8 nitrogen and oxygen atoms in total. The molecular weight excluding hydrogens is 501 g/mol. The van der Waals surface area contributed by atoms with Gasteiger partial charge in [-0.05, 0) is 36.6 Å². The van der Waals surface area contributed by atoms with Gasteiger partial charge in [0.25, 0.3) is 5.91 Å². The van der Waals surface area contributed by atoms with Crippen LogP contribution in [0.2, 0.25) is 0 Å². The number of halogens is 1. The Kier molecular flexibility index (Phi) is 7.71. The molecule has 2 N–H and O–H groups in total. The number of anilines is 1. The molecule has 0 atom stereocenters. The topological polar surface area (TPSA) is 103 Å². The second-order valence-corrected chi connectivity index (χ2v) is 10.0. The summed E-state index contributed by atoms with van der Waals surface area (Å²) < 4.78 is 31.6. The van der Waals surface area contributed by atoms with Crippen molar-refractivity contribution in [1.29, 1.82) is 0 Å². The Morgan fingerprint density at radius 2 is 1.74 bits per heavy atom. The molecule has 0 saturated carbocycles. The molecule has 2 heterocycles. The van der Waals surface area contributed by atoms with Gasteiger partial charge in [0, 0.05) is 46.9 Å². The molecule has 2 aromatic carbocycles. The first-order chi connectivity index (χ1) is 18.5. The Morgan fingerprint density at radius 1 is 1.03 bits per heavy atom. The van der Waals surface area contributed by atoms with E-state index < -0.39 is 17.2 Å². The predicted molar refractivity (Wildman–Crippen MR) is 150 cm³/mol. The van der Waals surface area contributed by atoms with Crippen molar-refractivity contribution in [3.05, 3.63) is 87.7 Å². The van der Waals surface area contributed by atoms with Crippen molar-refractivity contribution < 1.29 is 23.4 Å². The number of pyridine rings is 2. The average molecular weight is 532 g/mol. The number of methoxy groups -OCH3 is 2. The quantitative estimate of drug-likeness (QED) is 0.283. The highest BCUT2D eigenvalue weighted by Gasteiger charge is 2.17. The Balaban J connectivity index is 1.58. The van der Waals surface area contributed by atoms with Crippen LogP contribution in [0.4, 0.5) is 10.1 Å². The van der Waals surface area contributed by atoms with E-state index in [0.717, 1.165) is 6.07 Å². The van der Waals surface area contributed by atoms with E-state index in [0.29, 0.717) is 39.4 Å². The molecule has 0 aliphatic carbocycles. The molecule has 202 valence electrons. The minimum atomic E-state index is -0.704. The van der Waals surface area contributed by atoms with Gasteiger partial charge in [0.2, 0.25) is 5.43 Å². The number of hydrogen-bond donors (Lipinski definition) is 2. The maximum Gasteiger partial charge on any atom is 0.261 e. The number of carbonyl (C=O) groups is 1. The third-order valence-corrected chi connectivity index (χ3v) is 5.94. The number of carbonyl (C=O) groups excluding carboxylic acids is 1. The third kappa shape index (κ3) is 6.09. The molecule has 2 aromatic heterocycles. The van der Waals surface area contributed by atoms with Crippen LogP contribution in [-0.4, -0.2) is 30.1 Å². The van der Waals surface area contributed by atoms with E-state index in [-0.39, 0.29) is 22.4 Å². The van der Waals surface area contributed by atoms with Crippen LogP contribution in [0.1, 0.15) is 42.4 Å².